The highest BCUT2D eigenvalue weighted by atomic mass is 16.4. The first-order valence-corrected chi connectivity index (χ1v) is 9.63. The monoisotopic (exact) mass is 430 g/mol. The first-order chi connectivity index (χ1) is 15.4. The number of carbonyl (C=O) groups is 4. The van der Waals surface area contributed by atoms with Crippen molar-refractivity contribution in [1.29, 1.82) is 0 Å². The van der Waals surface area contributed by atoms with Gasteiger partial charge in [0.15, 0.2) is 0 Å². The van der Waals surface area contributed by atoms with E-state index in [0.29, 0.717) is 17.1 Å². The molecule has 1 aliphatic rings. The predicted molar refractivity (Wildman–Crippen MR) is 116 cm³/mol. The summed E-state index contributed by atoms with van der Waals surface area (Å²) in [7, 11) is 0. The van der Waals surface area contributed by atoms with Crippen molar-refractivity contribution >= 4 is 35.6 Å². The van der Waals surface area contributed by atoms with Crippen molar-refractivity contribution in [2.24, 2.45) is 0 Å². The number of amides is 4. The van der Waals surface area contributed by atoms with Crippen LogP contribution in [-0.4, -0.2) is 44.9 Å². The van der Waals surface area contributed by atoms with Crippen molar-refractivity contribution in [3.63, 3.8) is 0 Å². The van der Waals surface area contributed by atoms with Gasteiger partial charge in [0.1, 0.15) is 12.2 Å². The first-order valence-electron chi connectivity index (χ1n) is 9.63. The molecule has 1 saturated heterocycles. The van der Waals surface area contributed by atoms with E-state index in [1.54, 1.807) is 65.4 Å². The number of benzene rings is 2. The molecule has 1 fully saturated rings. The molecular weight excluding hydrogens is 412 g/mol. The first kappa shape index (κ1) is 20.6. The normalized spacial score (nSPS) is 14.5. The van der Waals surface area contributed by atoms with Gasteiger partial charge in [-0.15, -0.1) is 0 Å². The molecule has 0 aliphatic carbocycles. The SMILES string of the molecule is O=C(CN1C(=O)N/C(=C\c2cccn2-c2ccc(C(=O)O)cc2)C1=O)Nc1ccccc1. The summed E-state index contributed by atoms with van der Waals surface area (Å²) in [5.74, 6) is -2.14. The van der Waals surface area contributed by atoms with Gasteiger partial charge in [-0.05, 0) is 54.6 Å². The molecule has 160 valence electrons. The van der Waals surface area contributed by atoms with E-state index in [2.05, 4.69) is 10.6 Å². The predicted octanol–water partition coefficient (Wildman–Crippen LogP) is 2.71. The van der Waals surface area contributed by atoms with Gasteiger partial charge in [0, 0.05) is 23.3 Å². The number of carboxylic acid groups (broad SMARTS) is 1. The number of para-hydroxylation sites is 1. The zero-order valence-corrected chi connectivity index (χ0v) is 16.7. The molecule has 0 spiro atoms. The molecule has 0 bridgehead atoms. The number of aromatic carboxylic acids is 1. The van der Waals surface area contributed by atoms with Crippen LogP contribution in [0.2, 0.25) is 0 Å². The quantitative estimate of drug-likeness (QED) is 0.410. The Hall–Kier alpha value is -4.66. The molecule has 0 atom stereocenters. The fourth-order valence-corrected chi connectivity index (χ4v) is 3.24. The molecule has 1 aliphatic heterocycles. The highest BCUT2D eigenvalue weighted by Crippen LogP contribution is 2.19. The summed E-state index contributed by atoms with van der Waals surface area (Å²) in [6, 6.07) is 17.8. The van der Waals surface area contributed by atoms with Gasteiger partial charge in [0.2, 0.25) is 5.91 Å². The second-order valence-electron chi connectivity index (χ2n) is 6.95. The van der Waals surface area contributed by atoms with Crippen molar-refractivity contribution in [3.05, 3.63) is 89.9 Å². The zero-order valence-electron chi connectivity index (χ0n) is 16.7. The minimum atomic E-state index is -1.03. The number of hydrogen-bond donors (Lipinski definition) is 3. The van der Waals surface area contributed by atoms with Gasteiger partial charge >= 0.3 is 12.0 Å². The maximum atomic E-state index is 12.7. The average molecular weight is 430 g/mol. The maximum Gasteiger partial charge on any atom is 0.335 e. The average Bonchev–Trinajstić information content (AvgIpc) is 3.34. The van der Waals surface area contributed by atoms with Crippen molar-refractivity contribution in [2.75, 3.05) is 11.9 Å². The zero-order chi connectivity index (χ0) is 22.7. The van der Waals surface area contributed by atoms with Gasteiger partial charge in [-0.25, -0.2) is 14.5 Å². The maximum absolute atomic E-state index is 12.7. The number of carbonyl (C=O) groups excluding carboxylic acids is 3. The van der Waals surface area contributed by atoms with Crippen LogP contribution in [0.5, 0.6) is 0 Å². The fraction of sp³-hybridized carbons (Fsp3) is 0.0435. The van der Waals surface area contributed by atoms with E-state index >= 15 is 0 Å². The Bertz CT molecular complexity index is 1230. The van der Waals surface area contributed by atoms with Crippen molar-refractivity contribution < 1.29 is 24.3 Å². The van der Waals surface area contributed by atoms with Gasteiger partial charge in [0.25, 0.3) is 5.91 Å². The fourth-order valence-electron chi connectivity index (χ4n) is 3.24. The molecule has 3 aromatic rings. The Morgan fingerprint density at radius 3 is 2.38 bits per heavy atom. The van der Waals surface area contributed by atoms with E-state index in [9.17, 15) is 19.2 Å². The van der Waals surface area contributed by atoms with Crippen molar-refractivity contribution in [2.45, 2.75) is 0 Å². The molecule has 0 saturated carbocycles. The van der Waals surface area contributed by atoms with Gasteiger partial charge in [-0.1, -0.05) is 18.2 Å². The largest absolute Gasteiger partial charge is 0.478 e. The lowest BCUT2D eigenvalue weighted by molar-refractivity contribution is -0.127. The van der Waals surface area contributed by atoms with Crippen LogP contribution in [0, 0.1) is 0 Å². The third-order valence-electron chi connectivity index (χ3n) is 4.79. The number of imide groups is 1. The summed E-state index contributed by atoms with van der Waals surface area (Å²) >= 11 is 0. The van der Waals surface area contributed by atoms with Crippen LogP contribution in [0.1, 0.15) is 16.1 Å². The number of urea groups is 1. The highest BCUT2D eigenvalue weighted by molar-refractivity contribution is 6.15. The van der Waals surface area contributed by atoms with E-state index < -0.39 is 30.4 Å². The molecule has 32 heavy (non-hydrogen) atoms. The molecule has 9 nitrogen and oxygen atoms in total. The van der Waals surface area contributed by atoms with Crippen LogP contribution in [0.3, 0.4) is 0 Å². The molecule has 4 rings (SSSR count). The third kappa shape index (κ3) is 4.26. The summed E-state index contributed by atoms with van der Waals surface area (Å²) in [4.78, 5) is 49.1. The van der Waals surface area contributed by atoms with E-state index in [0.717, 1.165) is 4.90 Å². The molecule has 1 aromatic heterocycles. The van der Waals surface area contributed by atoms with E-state index in [-0.39, 0.29) is 11.3 Å². The van der Waals surface area contributed by atoms with E-state index in [1.165, 1.54) is 18.2 Å². The number of rotatable bonds is 6. The van der Waals surface area contributed by atoms with Crippen molar-refractivity contribution in [1.82, 2.24) is 14.8 Å². The van der Waals surface area contributed by atoms with Gasteiger partial charge in [-0.3, -0.25) is 9.59 Å². The second kappa shape index (κ2) is 8.60. The van der Waals surface area contributed by atoms with Crippen LogP contribution in [0.25, 0.3) is 11.8 Å². The number of hydrogen-bond acceptors (Lipinski definition) is 4. The Morgan fingerprint density at radius 1 is 0.969 bits per heavy atom. The van der Waals surface area contributed by atoms with Gasteiger partial charge < -0.3 is 20.3 Å². The van der Waals surface area contributed by atoms with E-state index in [4.69, 9.17) is 5.11 Å². The highest BCUT2D eigenvalue weighted by Gasteiger charge is 2.35. The summed E-state index contributed by atoms with van der Waals surface area (Å²) in [5, 5.41) is 14.2. The van der Waals surface area contributed by atoms with E-state index in [1.807, 2.05) is 0 Å². The van der Waals surface area contributed by atoms with Crippen LogP contribution >= 0.6 is 0 Å². The summed E-state index contributed by atoms with van der Waals surface area (Å²) in [5.41, 5.74) is 2.02. The Kier molecular flexibility index (Phi) is 5.54. The number of nitrogens with zero attached hydrogens (tertiary/aromatic N) is 2. The van der Waals surface area contributed by atoms with Gasteiger partial charge in [0.05, 0.1) is 5.56 Å². The molecule has 0 radical (unpaired) electrons. The molecular formula is C23H18N4O5. The topological polar surface area (TPSA) is 121 Å². The lowest BCUT2D eigenvalue weighted by Gasteiger charge is -2.11. The molecule has 4 amide bonds. The smallest absolute Gasteiger partial charge is 0.335 e. The number of nitrogens with one attached hydrogen (secondary N) is 2. The van der Waals surface area contributed by atoms with Crippen molar-refractivity contribution in [3.8, 4) is 5.69 Å². The van der Waals surface area contributed by atoms with Crippen LogP contribution in [-0.2, 0) is 9.59 Å². The Morgan fingerprint density at radius 2 is 1.69 bits per heavy atom. The summed E-state index contributed by atoms with van der Waals surface area (Å²) in [6.07, 6.45) is 3.24. The second-order valence-corrected chi connectivity index (χ2v) is 6.95. The molecule has 2 aromatic carbocycles. The Labute approximate surface area is 182 Å². The molecule has 0 unspecified atom stereocenters. The number of anilines is 1. The molecule has 9 heteroatoms. The lowest BCUT2D eigenvalue weighted by Crippen LogP contribution is -2.38. The molecule has 2 heterocycles. The number of carboxylic acids is 1. The van der Waals surface area contributed by atoms with Gasteiger partial charge in [-0.2, -0.15) is 0 Å². The summed E-state index contributed by atoms with van der Waals surface area (Å²) in [6.45, 7) is -0.422. The molecule has 3 N–H and O–H groups in total. The lowest BCUT2D eigenvalue weighted by atomic mass is 10.2. The number of aromatic nitrogens is 1. The minimum Gasteiger partial charge on any atom is -0.478 e. The van der Waals surface area contributed by atoms with Crippen LogP contribution < -0.4 is 10.6 Å². The Balaban J connectivity index is 1.50. The minimum absolute atomic E-state index is 0.0321. The standard InChI is InChI=1S/C23H18N4O5/c28-20(24-16-5-2-1-3-6-16)14-27-21(29)19(25-23(27)32)13-18-7-4-12-26(18)17-10-8-15(9-11-17)22(30)31/h1-13H,14H2,(H,24,28)(H,25,32)(H,30,31)/b19-13-. The third-order valence-corrected chi connectivity index (χ3v) is 4.79. The van der Waals surface area contributed by atoms with Crippen LogP contribution in [0.15, 0.2) is 78.6 Å². The van der Waals surface area contributed by atoms with Crippen LogP contribution in [0.4, 0.5) is 10.5 Å². The summed E-state index contributed by atoms with van der Waals surface area (Å²) < 4.78 is 1.74.